The molecule has 3 rings (SSSR count). The second-order valence-electron chi connectivity index (χ2n) is 5.11. The number of hydrogen-bond acceptors (Lipinski definition) is 5. The summed E-state index contributed by atoms with van der Waals surface area (Å²) in [5.41, 5.74) is 1.80. The van der Waals surface area contributed by atoms with Crippen LogP contribution in [0.15, 0.2) is 41.6 Å². The average molecular weight is 348 g/mol. The highest BCUT2D eigenvalue weighted by atomic mass is 35.5. The fourth-order valence-corrected chi connectivity index (χ4v) is 2.56. The maximum Gasteiger partial charge on any atom is 0.179 e. The predicted molar refractivity (Wildman–Crippen MR) is 92.4 cm³/mol. The molecule has 0 fully saturated rings. The van der Waals surface area contributed by atoms with E-state index in [4.69, 9.17) is 30.6 Å². The van der Waals surface area contributed by atoms with Crippen molar-refractivity contribution in [1.29, 1.82) is 0 Å². The summed E-state index contributed by atoms with van der Waals surface area (Å²) in [6, 6.07) is 11.3. The molecule has 0 N–H and O–H groups in total. The van der Waals surface area contributed by atoms with Crippen LogP contribution in [-0.4, -0.2) is 26.0 Å². The van der Waals surface area contributed by atoms with Crippen LogP contribution in [0.5, 0.6) is 17.2 Å². The van der Waals surface area contributed by atoms with Crippen LogP contribution in [-0.2, 0) is 11.4 Å². The fourth-order valence-electron chi connectivity index (χ4n) is 2.27. The largest absolute Gasteiger partial charge is 0.494 e. The lowest BCUT2D eigenvalue weighted by Crippen LogP contribution is -2.15. The molecule has 1 aliphatic rings. The van der Waals surface area contributed by atoms with E-state index in [0.29, 0.717) is 42.9 Å². The summed E-state index contributed by atoms with van der Waals surface area (Å²) in [7, 11) is 0. The van der Waals surface area contributed by atoms with Crippen molar-refractivity contribution in [1.82, 2.24) is 0 Å². The van der Waals surface area contributed by atoms with Crippen molar-refractivity contribution in [3.8, 4) is 17.2 Å². The Bertz CT molecular complexity index is 716. The Morgan fingerprint density at radius 1 is 1.17 bits per heavy atom. The number of nitrogens with zero attached hydrogens (tertiary/aromatic N) is 1. The van der Waals surface area contributed by atoms with Gasteiger partial charge in [0.05, 0.1) is 17.8 Å². The molecular weight excluding hydrogens is 330 g/mol. The molecule has 0 aliphatic carbocycles. The van der Waals surface area contributed by atoms with Gasteiger partial charge >= 0.3 is 0 Å². The summed E-state index contributed by atoms with van der Waals surface area (Å²) >= 11 is 6.19. The van der Waals surface area contributed by atoms with Crippen LogP contribution in [0, 0.1) is 0 Å². The maximum atomic E-state index is 6.19. The van der Waals surface area contributed by atoms with Gasteiger partial charge in [0.1, 0.15) is 25.6 Å². The normalized spacial score (nSPS) is 13.1. The van der Waals surface area contributed by atoms with Crippen molar-refractivity contribution >= 4 is 17.8 Å². The first-order valence-corrected chi connectivity index (χ1v) is 8.10. The molecule has 5 nitrogen and oxygen atoms in total. The van der Waals surface area contributed by atoms with Gasteiger partial charge in [-0.15, -0.1) is 0 Å². The molecule has 0 radical (unpaired) electrons. The molecule has 0 spiro atoms. The van der Waals surface area contributed by atoms with Gasteiger partial charge in [-0.1, -0.05) is 16.8 Å². The van der Waals surface area contributed by atoms with Gasteiger partial charge in [-0.2, -0.15) is 0 Å². The quantitative estimate of drug-likeness (QED) is 0.584. The van der Waals surface area contributed by atoms with E-state index >= 15 is 0 Å². The van der Waals surface area contributed by atoms with Crippen molar-refractivity contribution in [3.05, 3.63) is 52.5 Å². The molecule has 1 heterocycles. The molecule has 0 amide bonds. The third-order valence-electron chi connectivity index (χ3n) is 3.36. The third kappa shape index (κ3) is 4.11. The minimum absolute atomic E-state index is 0.296. The number of halogens is 1. The molecule has 2 aromatic carbocycles. The first-order chi connectivity index (χ1) is 11.8. The van der Waals surface area contributed by atoms with Gasteiger partial charge in [0.15, 0.2) is 11.5 Å². The molecule has 126 valence electrons. The molecule has 0 saturated carbocycles. The molecular formula is C18H18ClNO4. The number of hydrogen-bond donors (Lipinski definition) is 0. The Kier molecular flexibility index (Phi) is 5.43. The molecule has 1 aliphatic heterocycles. The zero-order valence-corrected chi connectivity index (χ0v) is 14.1. The summed E-state index contributed by atoms with van der Waals surface area (Å²) in [5.74, 6) is 2.06. The lowest BCUT2D eigenvalue weighted by atomic mass is 10.2. The average Bonchev–Trinajstić information content (AvgIpc) is 2.60. The van der Waals surface area contributed by atoms with Gasteiger partial charge in [0.25, 0.3) is 0 Å². The smallest absolute Gasteiger partial charge is 0.179 e. The summed E-state index contributed by atoms with van der Waals surface area (Å²) in [6.45, 7) is 3.92. The summed E-state index contributed by atoms with van der Waals surface area (Å²) in [4.78, 5) is 5.33. The Hall–Kier alpha value is -2.40. The minimum atomic E-state index is 0.296. The van der Waals surface area contributed by atoms with E-state index < -0.39 is 0 Å². The van der Waals surface area contributed by atoms with Gasteiger partial charge in [-0.05, 0) is 54.4 Å². The van der Waals surface area contributed by atoms with E-state index in [2.05, 4.69) is 5.16 Å². The van der Waals surface area contributed by atoms with Crippen LogP contribution in [0.25, 0.3) is 0 Å². The van der Waals surface area contributed by atoms with E-state index in [-0.39, 0.29) is 0 Å². The lowest BCUT2D eigenvalue weighted by molar-refractivity contribution is 0.131. The predicted octanol–water partition coefficient (Wildman–Crippen LogP) is 4.06. The van der Waals surface area contributed by atoms with Crippen LogP contribution in [0.4, 0.5) is 0 Å². The second-order valence-corrected chi connectivity index (χ2v) is 5.52. The Morgan fingerprint density at radius 2 is 1.96 bits per heavy atom. The topological polar surface area (TPSA) is 49.3 Å². The summed E-state index contributed by atoms with van der Waals surface area (Å²) in [6.07, 6.45) is 1.65. The summed E-state index contributed by atoms with van der Waals surface area (Å²) < 4.78 is 16.4. The zero-order chi connectivity index (χ0) is 16.8. The molecule has 2 aromatic rings. The van der Waals surface area contributed by atoms with Gasteiger partial charge < -0.3 is 19.0 Å². The third-order valence-corrected chi connectivity index (χ3v) is 3.64. The van der Waals surface area contributed by atoms with Crippen molar-refractivity contribution in [2.45, 2.75) is 13.5 Å². The van der Waals surface area contributed by atoms with Crippen LogP contribution >= 0.6 is 11.6 Å². The highest BCUT2D eigenvalue weighted by molar-refractivity contribution is 6.32. The molecule has 24 heavy (non-hydrogen) atoms. The van der Waals surface area contributed by atoms with Crippen molar-refractivity contribution in [2.75, 3.05) is 19.8 Å². The van der Waals surface area contributed by atoms with Crippen LogP contribution in [0.3, 0.4) is 0 Å². The molecule has 0 aromatic heterocycles. The molecule has 0 atom stereocenters. The Balaban J connectivity index is 1.57. The van der Waals surface area contributed by atoms with Crippen molar-refractivity contribution in [2.24, 2.45) is 5.16 Å². The number of fused-ring (bicyclic) bond motifs is 1. The Labute approximate surface area is 145 Å². The highest BCUT2D eigenvalue weighted by Gasteiger charge is 2.16. The highest BCUT2D eigenvalue weighted by Crippen LogP contribution is 2.38. The van der Waals surface area contributed by atoms with E-state index in [9.17, 15) is 0 Å². The van der Waals surface area contributed by atoms with Crippen LogP contribution in [0.1, 0.15) is 18.1 Å². The number of ether oxygens (including phenoxy) is 3. The number of rotatable bonds is 6. The maximum absolute atomic E-state index is 6.19. The van der Waals surface area contributed by atoms with Crippen molar-refractivity contribution < 1.29 is 19.0 Å². The van der Waals surface area contributed by atoms with Gasteiger partial charge in [0, 0.05) is 0 Å². The van der Waals surface area contributed by atoms with Gasteiger partial charge in [-0.25, -0.2) is 0 Å². The zero-order valence-electron chi connectivity index (χ0n) is 13.3. The molecule has 0 saturated heterocycles. The first kappa shape index (κ1) is 16.5. The van der Waals surface area contributed by atoms with E-state index in [0.717, 1.165) is 16.9 Å². The van der Waals surface area contributed by atoms with Gasteiger partial charge in [-0.3, -0.25) is 0 Å². The molecule has 6 heteroatoms. The summed E-state index contributed by atoms with van der Waals surface area (Å²) in [5, 5.41) is 4.49. The molecule has 0 unspecified atom stereocenters. The lowest BCUT2D eigenvalue weighted by Gasteiger charge is -2.20. The van der Waals surface area contributed by atoms with Crippen LogP contribution < -0.4 is 14.2 Å². The first-order valence-electron chi connectivity index (χ1n) is 7.72. The fraction of sp³-hybridized carbons (Fsp3) is 0.278. The van der Waals surface area contributed by atoms with E-state index in [1.165, 1.54) is 0 Å². The van der Waals surface area contributed by atoms with E-state index in [1.54, 1.807) is 12.3 Å². The second kappa shape index (κ2) is 7.93. The number of benzene rings is 2. The van der Waals surface area contributed by atoms with Gasteiger partial charge in [0.2, 0.25) is 0 Å². The van der Waals surface area contributed by atoms with Crippen molar-refractivity contribution in [3.63, 3.8) is 0 Å². The monoisotopic (exact) mass is 347 g/mol. The standard InChI is InChI=1S/C18H18ClNO4/c1-2-21-15-5-3-13(4-6-15)11-20-24-12-14-9-16(19)18-17(10-14)22-7-8-23-18/h3-6,9-11H,2,7-8,12H2,1H3. The number of oxime groups is 1. The van der Waals surface area contributed by atoms with E-state index in [1.807, 2.05) is 37.3 Å². The molecule has 0 bridgehead atoms. The Morgan fingerprint density at radius 3 is 2.75 bits per heavy atom. The van der Waals surface area contributed by atoms with Crippen LogP contribution in [0.2, 0.25) is 5.02 Å². The SMILES string of the molecule is CCOc1ccc(C=NOCc2cc(Cl)c3c(c2)OCCO3)cc1. The minimum Gasteiger partial charge on any atom is -0.494 e.